The molecule has 200 valence electrons. The first kappa shape index (κ1) is 24.9. The molecule has 0 spiro atoms. The minimum absolute atomic E-state index is 0.128. The van der Waals surface area contributed by atoms with Crippen LogP contribution in [0.3, 0.4) is 0 Å². The van der Waals surface area contributed by atoms with Crippen LogP contribution in [0.4, 0.5) is 17.6 Å². The summed E-state index contributed by atoms with van der Waals surface area (Å²) in [6.07, 6.45) is 1.37. The number of benzene rings is 1. The molecule has 1 aliphatic carbocycles. The van der Waals surface area contributed by atoms with E-state index in [-0.39, 0.29) is 22.9 Å². The van der Waals surface area contributed by atoms with Gasteiger partial charge in [-0.1, -0.05) is 6.07 Å². The number of nitrogens with one attached hydrogen (secondary N) is 1. The molecular weight excluding hydrogens is 518 g/mol. The van der Waals surface area contributed by atoms with Crippen molar-refractivity contribution in [1.29, 1.82) is 0 Å². The van der Waals surface area contributed by atoms with Crippen molar-refractivity contribution in [3.63, 3.8) is 0 Å². The molecular formula is C26H21F4N7O2. The van der Waals surface area contributed by atoms with Gasteiger partial charge in [0.1, 0.15) is 29.6 Å². The topological polar surface area (TPSA) is 115 Å². The number of aryl methyl sites for hydroxylation is 1. The molecule has 13 heteroatoms. The number of halogens is 4. The summed E-state index contributed by atoms with van der Waals surface area (Å²) in [5.74, 6) is -0.0868. The van der Waals surface area contributed by atoms with Crippen molar-refractivity contribution in [2.75, 3.05) is 7.11 Å². The lowest BCUT2D eigenvalue weighted by Gasteiger charge is -2.13. The number of ether oxygens (including phenoxy) is 1. The number of methoxy groups -OCH3 is 1. The van der Waals surface area contributed by atoms with Gasteiger partial charge in [0.15, 0.2) is 11.5 Å². The molecule has 0 aliphatic heterocycles. The van der Waals surface area contributed by atoms with Gasteiger partial charge in [-0.2, -0.15) is 13.2 Å². The van der Waals surface area contributed by atoms with Crippen LogP contribution in [0.2, 0.25) is 0 Å². The molecule has 0 bridgehead atoms. The van der Waals surface area contributed by atoms with Crippen molar-refractivity contribution in [1.82, 2.24) is 34.5 Å². The fraction of sp³-hybridized carbons (Fsp3) is 0.269. The van der Waals surface area contributed by atoms with E-state index in [1.807, 2.05) is 0 Å². The minimum atomic E-state index is -4.66. The second kappa shape index (κ2) is 9.12. The van der Waals surface area contributed by atoms with Crippen LogP contribution in [0.25, 0.3) is 33.8 Å². The molecule has 1 atom stereocenters. The third kappa shape index (κ3) is 4.38. The van der Waals surface area contributed by atoms with Gasteiger partial charge in [-0.05, 0) is 30.5 Å². The monoisotopic (exact) mass is 539 g/mol. The number of aliphatic hydroxyl groups is 1. The molecule has 1 saturated carbocycles. The SMILES string of the molecule is COc1ncnc(C2CC2)c1-c1ncc2[nH]cc(C(O)c3ccc(-c4nc(C(F)(F)F)cn4C)c(F)c3)c2n1. The van der Waals surface area contributed by atoms with E-state index in [4.69, 9.17) is 4.74 Å². The van der Waals surface area contributed by atoms with E-state index in [2.05, 4.69) is 29.9 Å². The van der Waals surface area contributed by atoms with E-state index in [1.54, 1.807) is 12.4 Å². The van der Waals surface area contributed by atoms with Gasteiger partial charge in [-0.3, -0.25) is 0 Å². The first-order chi connectivity index (χ1) is 18.7. The van der Waals surface area contributed by atoms with Gasteiger partial charge >= 0.3 is 6.18 Å². The molecule has 1 aromatic carbocycles. The maximum Gasteiger partial charge on any atom is 0.434 e. The first-order valence-corrected chi connectivity index (χ1v) is 12.0. The molecule has 1 fully saturated rings. The number of aromatic amines is 1. The van der Waals surface area contributed by atoms with Crippen molar-refractivity contribution in [2.45, 2.75) is 31.0 Å². The fourth-order valence-corrected chi connectivity index (χ4v) is 4.59. The van der Waals surface area contributed by atoms with Gasteiger partial charge in [-0.15, -0.1) is 0 Å². The molecule has 4 aromatic heterocycles. The number of aliphatic hydroxyl groups excluding tert-OH is 1. The number of aromatic nitrogens is 7. The van der Waals surface area contributed by atoms with Gasteiger partial charge in [0.25, 0.3) is 0 Å². The van der Waals surface area contributed by atoms with Crippen molar-refractivity contribution in [3.05, 3.63) is 71.4 Å². The Morgan fingerprint density at radius 2 is 1.95 bits per heavy atom. The zero-order chi connectivity index (χ0) is 27.5. The van der Waals surface area contributed by atoms with Crippen LogP contribution in [-0.2, 0) is 13.2 Å². The Morgan fingerprint density at radius 1 is 1.15 bits per heavy atom. The van der Waals surface area contributed by atoms with Crippen LogP contribution >= 0.6 is 0 Å². The van der Waals surface area contributed by atoms with E-state index in [1.165, 1.54) is 32.6 Å². The highest BCUT2D eigenvalue weighted by Gasteiger charge is 2.35. The molecule has 6 rings (SSSR count). The molecule has 0 radical (unpaired) electrons. The molecule has 1 unspecified atom stereocenters. The summed E-state index contributed by atoms with van der Waals surface area (Å²) in [5, 5.41) is 11.2. The molecule has 1 aliphatic rings. The van der Waals surface area contributed by atoms with Crippen LogP contribution in [0.5, 0.6) is 5.88 Å². The number of rotatable bonds is 6. The number of nitrogens with zero attached hydrogens (tertiary/aromatic N) is 6. The Kier molecular flexibility index (Phi) is 5.83. The predicted octanol–water partition coefficient (Wildman–Crippen LogP) is 4.94. The highest BCUT2D eigenvalue weighted by atomic mass is 19.4. The smallest absolute Gasteiger partial charge is 0.434 e. The van der Waals surface area contributed by atoms with Crippen LogP contribution in [-0.4, -0.2) is 46.7 Å². The highest BCUT2D eigenvalue weighted by molar-refractivity contribution is 5.82. The third-order valence-corrected chi connectivity index (χ3v) is 6.68. The van der Waals surface area contributed by atoms with Crippen LogP contribution in [0.15, 0.2) is 43.1 Å². The Morgan fingerprint density at radius 3 is 2.62 bits per heavy atom. The van der Waals surface area contributed by atoms with Gasteiger partial charge in [-0.25, -0.2) is 29.3 Å². The summed E-state index contributed by atoms with van der Waals surface area (Å²) in [7, 11) is 2.85. The standard InChI is InChI=1S/C26H21F4N7O2/c1-37-10-18(26(28,29)30)35-24(37)14-6-5-13(7-16(14)27)22(38)15-8-31-17-9-32-23(36-21(15)17)19-20(12-3-4-12)33-11-34-25(19)39-2/h5-12,22,31,38H,3-4H2,1-2H3. The van der Waals surface area contributed by atoms with Crippen LogP contribution in [0.1, 0.15) is 47.4 Å². The Bertz CT molecular complexity index is 1710. The van der Waals surface area contributed by atoms with Gasteiger partial charge in [0.05, 0.1) is 35.6 Å². The molecule has 4 heterocycles. The predicted molar refractivity (Wildman–Crippen MR) is 131 cm³/mol. The molecule has 5 aromatic rings. The maximum atomic E-state index is 15.1. The zero-order valence-electron chi connectivity index (χ0n) is 20.7. The Labute approximate surface area is 218 Å². The molecule has 39 heavy (non-hydrogen) atoms. The quantitative estimate of drug-likeness (QED) is 0.294. The number of alkyl halides is 3. The lowest BCUT2D eigenvalue weighted by atomic mass is 10.0. The first-order valence-electron chi connectivity index (χ1n) is 12.0. The van der Waals surface area contributed by atoms with Crippen LogP contribution in [0, 0.1) is 5.82 Å². The minimum Gasteiger partial charge on any atom is -0.480 e. The number of imidazole rings is 1. The largest absolute Gasteiger partial charge is 0.480 e. The number of hydrogen-bond donors (Lipinski definition) is 2. The van der Waals surface area contributed by atoms with Gasteiger partial charge in [0.2, 0.25) is 5.88 Å². The molecule has 0 amide bonds. The fourth-order valence-electron chi connectivity index (χ4n) is 4.59. The Hall–Kier alpha value is -4.39. The average molecular weight is 539 g/mol. The van der Waals surface area contributed by atoms with E-state index in [0.717, 1.165) is 35.4 Å². The lowest BCUT2D eigenvalue weighted by Crippen LogP contribution is -2.05. The summed E-state index contributed by atoms with van der Waals surface area (Å²) in [4.78, 5) is 24.3. The van der Waals surface area contributed by atoms with E-state index >= 15 is 4.39 Å². The summed E-state index contributed by atoms with van der Waals surface area (Å²) in [6.45, 7) is 0. The second-order valence-corrected chi connectivity index (χ2v) is 9.32. The van der Waals surface area contributed by atoms with Crippen molar-refractivity contribution >= 4 is 11.0 Å². The summed E-state index contributed by atoms with van der Waals surface area (Å²) in [5.41, 5.74) is 1.61. The van der Waals surface area contributed by atoms with E-state index in [0.29, 0.717) is 33.9 Å². The maximum absolute atomic E-state index is 15.1. The Balaban J connectivity index is 1.38. The van der Waals surface area contributed by atoms with Gasteiger partial charge in [0, 0.05) is 30.9 Å². The van der Waals surface area contributed by atoms with Crippen molar-refractivity contribution < 1.29 is 27.4 Å². The van der Waals surface area contributed by atoms with E-state index in [9.17, 15) is 18.3 Å². The number of hydrogen-bond acceptors (Lipinski definition) is 7. The number of H-pyrrole nitrogens is 1. The third-order valence-electron chi connectivity index (χ3n) is 6.68. The van der Waals surface area contributed by atoms with Crippen LogP contribution < -0.4 is 4.74 Å². The van der Waals surface area contributed by atoms with Crippen molar-refractivity contribution in [2.24, 2.45) is 7.05 Å². The van der Waals surface area contributed by atoms with E-state index < -0.39 is 23.8 Å². The number of fused-ring (bicyclic) bond motifs is 1. The zero-order valence-corrected chi connectivity index (χ0v) is 20.7. The highest BCUT2D eigenvalue weighted by Crippen LogP contribution is 2.45. The molecule has 0 saturated heterocycles. The second-order valence-electron chi connectivity index (χ2n) is 9.32. The normalized spacial score (nSPS) is 14.6. The van der Waals surface area contributed by atoms with Crippen molar-refractivity contribution in [3.8, 4) is 28.7 Å². The average Bonchev–Trinajstić information content (AvgIpc) is 3.56. The van der Waals surface area contributed by atoms with Gasteiger partial charge < -0.3 is 19.4 Å². The molecule has 9 nitrogen and oxygen atoms in total. The summed E-state index contributed by atoms with van der Waals surface area (Å²) < 4.78 is 60.9. The summed E-state index contributed by atoms with van der Waals surface area (Å²) >= 11 is 0. The molecule has 2 N–H and O–H groups in total. The summed E-state index contributed by atoms with van der Waals surface area (Å²) in [6, 6.07) is 3.80. The lowest BCUT2D eigenvalue weighted by molar-refractivity contribution is -0.140.